The van der Waals surface area contributed by atoms with Crippen molar-refractivity contribution in [3.8, 4) is 0 Å². The molecule has 0 bridgehead atoms. The lowest BCUT2D eigenvalue weighted by atomic mass is 9.98. The molecular formula is C23H32N6OS. The van der Waals surface area contributed by atoms with Gasteiger partial charge in [0.1, 0.15) is 0 Å². The molecule has 3 aromatic rings. The number of aromatic nitrogens is 4. The Kier molecular flexibility index (Phi) is 5.87. The van der Waals surface area contributed by atoms with Gasteiger partial charge in [-0.05, 0) is 26.3 Å². The molecule has 0 unspecified atom stereocenters. The lowest BCUT2D eigenvalue weighted by Gasteiger charge is -2.22. The molecule has 0 saturated carbocycles. The van der Waals surface area contributed by atoms with Crippen LogP contribution in [0.5, 0.6) is 0 Å². The van der Waals surface area contributed by atoms with E-state index < -0.39 is 0 Å². The normalized spacial score (nSPS) is 16.1. The molecule has 166 valence electrons. The van der Waals surface area contributed by atoms with Crippen LogP contribution in [0.3, 0.4) is 0 Å². The predicted molar refractivity (Wildman–Crippen MR) is 125 cm³/mol. The quantitative estimate of drug-likeness (QED) is 0.621. The Labute approximate surface area is 188 Å². The van der Waals surface area contributed by atoms with Gasteiger partial charge in [-0.1, -0.05) is 20.8 Å². The van der Waals surface area contributed by atoms with Gasteiger partial charge < -0.3 is 4.90 Å². The molecule has 1 aliphatic rings. The van der Waals surface area contributed by atoms with E-state index in [0.717, 1.165) is 72.8 Å². The standard InChI is InChI=1S/C23H32N6OS/c1-15-12-18(19-16(2)26-27(6)20(19)24-15)21(30)29-9-7-8-28(10-11-29)13-17-14-31-22(25-17)23(3,4)5/h12,14H,7-11,13H2,1-6H3. The number of hydrogen-bond acceptors (Lipinski definition) is 6. The Hall–Kier alpha value is -2.32. The highest BCUT2D eigenvalue weighted by Crippen LogP contribution is 2.27. The second kappa shape index (κ2) is 8.31. The minimum Gasteiger partial charge on any atom is -0.337 e. The largest absolute Gasteiger partial charge is 0.337 e. The van der Waals surface area contributed by atoms with Crippen molar-refractivity contribution in [2.75, 3.05) is 26.2 Å². The fourth-order valence-electron chi connectivity index (χ4n) is 4.19. The molecule has 0 aliphatic carbocycles. The first kappa shape index (κ1) is 21.9. The third-order valence-electron chi connectivity index (χ3n) is 5.78. The summed E-state index contributed by atoms with van der Waals surface area (Å²) in [5.41, 5.74) is 4.40. The summed E-state index contributed by atoms with van der Waals surface area (Å²) in [6.45, 7) is 14.6. The molecule has 0 aromatic carbocycles. The maximum Gasteiger partial charge on any atom is 0.254 e. The topological polar surface area (TPSA) is 67.2 Å². The average molecular weight is 441 g/mol. The summed E-state index contributed by atoms with van der Waals surface area (Å²) in [5, 5.41) is 8.71. The van der Waals surface area contributed by atoms with Crippen LogP contribution in [0, 0.1) is 13.8 Å². The monoisotopic (exact) mass is 440 g/mol. The minimum atomic E-state index is 0.0807. The van der Waals surface area contributed by atoms with Crippen molar-refractivity contribution in [3.05, 3.63) is 39.1 Å². The van der Waals surface area contributed by atoms with Crippen LogP contribution in [0.2, 0.25) is 0 Å². The molecule has 1 amide bonds. The Morgan fingerprint density at radius 2 is 1.90 bits per heavy atom. The summed E-state index contributed by atoms with van der Waals surface area (Å²) in [5.74, 6) is 0.0807. The van der Waals surface area contributed by atoms with Crippen LogP contribution in [0.1, 0.15) is 59.6 Å². The van der Waals surface area contributed by atoms with Gasteiger partial charge in [-0.2, -0.15) is 5.10 Å². The molecule has 0 N–H and O–H groups in total. The number of carbonyl (C=O) groups is 1. The first-order valence-corrected chi connectivity index (χ1v) is 11.8. The van der Waals surface area contributed by atoms with E-state index in [9.17, 15) is 4.79 Å². The van der Waals surface area contributed by atoms with Crippen LogP contribution in [-0.4, -0.2) is 61.6 Å². The van der Waals surface area contributed by atoms with Gasteiger partial charge in [0.05, 0.1) is 27.3 Å². The Morgan fingerprint density at radius 1 is 1.13 bits per heavy atom. The van der Waals surface area contributed by atoms with Gasteiger partial charge in [-0.25, -0.2) is 9.97 Å². The van der Waals surface area contributed by atoms with E-state index >= 15 is 0 Å². The summed E-state index contributed by atoms with van der Waals surface area (Å²) < 4.78 is 1.76. The van der Waals surface area contributed by atoms with E-state index in [2.05, 4.69) is 41.1 Å². The number of amides is 1. The number of nitrogens with zero attached hydrogens (tertiary/aromatic N) is 6. The summed E-state index contributed by atoms with van der Waals surface area (Å²) >= 11 is 1.74. The summed E-state index contributed by atoms with van der Waals surface area (Å²) in [7, 11) is 1.88. The van der Waals surface area contributed by atoms with Gasteiger partial charge in [0.25, 0.3) is 5.91 Å². The highest BCUT2D eigenvalue weighted by Gasteiger charge is 2.25. The zero-order valence-electron chi connectivity index (χ0n) is 19.4. The van der Waals surface area contributed by atoms with Crippen molar-refractivity contribution in [2.24, 2.45) is 7.05 Å². The number of aryl methyl sites for hydroxylation is 3. The van der Waals surface area contributed by atoms with E-state index in [0.29, 0.717) is 0 Å². The van der Waals surface area contributed by atoms with Crippen LogP contribution in [-0.2, 0) is 19.0 Å². The zero-order valence-corrected chi connectivity index (χ0v) is 20.2. The molecule has 7 nitrogen and oxygen atoms in total. The van der Waals surface area contributed by atoms with Gasteiger partial charge in [0, 0.05) is 56.3 Å². The van der Waals surface area contributed by atoms with Crippen molar-refractivity contribution < 1.29 is 4.79 Å². The van der Waals surface area contributed by atoms with Crippen molar-refractivity contribution in [1.82, 2.24) is 29.5 Å². The molecule has 1 fully saturated rings. The lowest BCUT2D eigenvalue weighted by molar-refractivity contribution is 0.0763. The third kappa shape index (κ3) is 4.50. The summed E-state index contributed by atoms with van der Waals surface area (Å²) in [6.07, 6.45) is 0.960. The second-order valence-corrected chi connectivity index (χ2v) is 10.4. The van der Waals surface area contributed by atoms with Crippen molar-refractivity contribution in [3.63, 3.8) is 0 Å². The molecule has 1 aliphatic heterocycles. The first-order chi connectivity index (χ1) is 14.6. The second-order valence-electron chi connectivity index (χ2n) is 9.53. The molecular weight excluding hydrogens is 408 g/mol. The molecule has 0 spiro atoms. The van der Waals surface area contributed by atoms with E-state index in [4.69, 9.17) is 4.98 Å². The van der Waals surface area contributed by atoms with Gasteiger partial charge in [-0.15, -0.1) is 11.3 Å². The third-order valence-corrected chi connectivity index (χ3v) is 7.10. The predicted octanol–water partition coefficient (Wildman–Crippen LogP) is 3.69. The van der Waals surface area contributed by atoms with Gasteiger partial charge in [-0.3, -0.25) is 14.4 Å². The highest BCUT2D eigenvalue weighted by atomic mass is 32.1. The Balaban J connectivity index is 1.49. The van der Waals surface area contributed by atoms with E-state index in [-0.39, 0.29) is 11.3 Å². The summed E-state index contributed by atoms with van der Waals surface area (Å²) in [6, 6.07) is 1.91. The highest BCUT2D eigenvalue weighted by molar-refractivity contribution is 7.09. The van der Waals surface area contributed by atoms with E-state index in [1.165, 1.54) is 5.01 Å². The maximum atomic E-state index is 13.5. The van der Waals surface area contributed by atoms with Crippen molar-refractivity contribution in [2.45, 2.75) is 53.0 Å². The first-order valence-electron chi connectivity index (χ1n) is 10.9. The SMILES string of the molecule is Cc1cc(C(=O)N2CCCN(Cc3csc(C(C)(C)C)n3)CC2)c2c(C)nn(C)c2n1. The number of hydrogen-bond donors (Lipinski definition) is 0. The number of rotatable bonds is 3. The minimum absolute atomic E-state index is 0.0807. The van der Waals surface area contributed by atoms with Crippen molar-refractivity contribution >= 4 is 28.3 Å². The van der Waals surface area contributed by atoms with Gasteiger partial charge in [0.15, 0.2) is 5.65 Å². The Morgan fingerprint density at radius 3 is 2.61 bits per heavy atom. The molecule has 1 saturated heterocycles. The maximum absolute atomic E-state index is 13.5. The summed E-state index contributed by atoms with van der Waals surface area (Å²) in [4.78, 5) is 27.3. The lowest BCUT2D eigenvalue weighted by Crippen LogP contribution is -2.35. The van der Waals surface area contributed by atoms with Gasteiger partial charge in [0.2, 0.25) is 0 Å². The molecule has 3 aromatic heterocycles. The fraction of sp³-hybridized carbons (Fsp3) is 0.565. The molecule has 8 heteroatoms. The molecule has 31 heavy (non-hydrogen) atoms. The Bertz CT molecular complexity index is 1110. The van der Waals surface area contributed by atoms with Gasteiger partial charge >= 0.3 is 0 Å². The van der Waals surface area contributed by atoms with Crippen molar-refractivity contribution in [1.29, 1.82) is 0 Å². The average Bonchev–Trinajstić information content (AvgIpc) is 3.19. The van der Waals surface area contributed by atoms with E-state index in [1.54, 1.807) is 16.0 Å². The molecule has 0 atom stereocenters. The smallest absolute Gasteiger partial charge is 0.254 e. The molecule has 4 heterocycles. The fourth-order valence-corrected chi connectivity index (χ4v) is 5.09. The number of fused-ring (bicyclic) bond motifs is 1. The number of thiazole rings is 1. The number of pyridine rings is 1. The van der Waals surface area contributed by atoms with E-state index in [1.807, 2.05) is 31.9 Å². The van der Waals surface area contributed by atoms with Crippen LogP contribution < -0.4 is 0 Å². The zero-order chi connectivity index (χ0) is 22.3. The number of carbonyl (C=O) groups excluding carboxylic acids is 1. The van der Waals surface area contributed by atoms with Crippen LogP contribution in [0.4, 0.5) is 0 Å². The van der Waals surface area contributed by atoms with Crippen LogP contribution >= 0.6 is 11.3 Å². The van der Waals surface area contributed by atoms with Crippen LogP contribution in [0.25, 0.3) is 11.0 Å². The molecule has 4 rings (SSSR count). The van der Waals surface area contributed by atoms with Crippen LogP contribution in [0.15, 0.2) is 11.4 Å². The molecule has 0 radical (unpaired) electrons.